The summed E-state index contributed by atoms with van der Waals surface area (Å²) in [5, 5.41) is 0.701. The fourth-order valence-corrected chi connectivity index (χ4v) is 4.58. The molecule has 1 aliphatic heterocycles. The number of nitrogens with zero attached hydrogens (tertiary/aromatic N) is 6. The molecule has 1 fully saturated rings. The average Bonchev–Trinajstić information content (AvgIpc) is 3.23. The Morgan fingerprint density at radius 1 is 0.912 bits per heavy atom. The normalized spacial score (nSPS) is 14.6. The van der Waals surface area contributed by atoms with Crippen molar-refractivity contribution >= 4 is 28.6 Å². The zero-order valence-electron chi connectivity index (χ0n) is 19.4. The zero-order chi connectivity index (χ0) is 23.3. The summed E-state index contributed by atoms with van der Waals surface area (Å²) in [6.07, 6.45) is 4.66. The number of benzene rings is 2. The summed E-state index contributed by atoms with van der Waals surface area (Å²) in [5.74, 6) is 2.57. The molecule has 0 radical (unpaired) electrons. The number of fused-ring (bicyclic) bond motifs is 1. The summed E-state index contributed by atoms with van der Waals surface area (Å²) in [5.41, 5.74) is 3.40. The number of piperazine rings is 1. The van der Waals surface area contributed by atoms with Crippen LogP contribution in [0.1, 0.15) is 17.8 Å². The molecule has 8 heteroatoms. The van der Waals surface area contributed by atoms with E-state index in [1.165, 1.54) is 11.1 Å². The summed E-state index contributed by atoms with van der Waals surface area (Å²) in [4.78, 5) is 18.5. The number of hydrogen-bond donors (Lipinski definition) is 0. The van der Waals surface area contributed by atoms with Crippen LogP contribution in [0.2, 0.25) is 5.02 Å². The molecule has 0 spiro atoms. The van der Waals surface area contributed by atoms with Crippen molar-refractivity contribution in [1.82, 2.24) is 24.4 Å². The van der Waals surface area contributed by atoms with Gasteiger partial charge in [-0.1, -0.05) is 23.7 Å². The molecule has 1 aliphatic rings. The molecule has 0 bridgehead atoms. The van der Waals surface area contributed by atoms with Gasteiger partial charge in [-0.25, -0.2) is 15.0 Å². The lowest BCUT2D eigenvalue weighted by atomic mass is 10.2. The monoisotopic (exact) mass is 476 g/mol. The van der Waals surface area contributed by atoms with E-state index in [-0.39, 0.29) is 0 Å². The van der Waals surface area contributed by atoms with Crippen molar-refractivity contribution in [2.45, 2.75) is 26.5 Å². The third-order valence-corrected chi connectivity index (χ3v) is 6.56. The molecule has 7 nitrogen and oxygen atoms in total. The topological polar surface area (TPSA) is 59.3 Å². The first kappa shape index (κ1) is 22.6. The molecule has 0 unspecified atom stereocenters. The lowest BCUT2D eigenvalue weighted by Gasteiger charge is -2.34. The Balaban J connectivity index is 1.22. The predicted molar refractivity (Wildman–Crippen MR) is 136 cm³/mol. The van der Waals surface area contributed by atoms with Crippen molar-refractivity contribution in [2.24, 2.45) is 0 Å². The number of aryl methyl sites for hydroxylation is 2. The van der Waals surface area contributed by atoms with Gasteiger partial charge >= 0.3 is 0 Å². The lowest BCUT2D eigenvalue weighted by molar-refractivity contribution is 0.247. The lowest BCUT2D eigenvalue weighted by Crippen LogP contribution is -2.47. The minimum Gasteiger partial charge on any atom is -0.486 e. The minimum atomic E-state index is 0.422. The Hall–Kier alpha value is -3.16. The van der Waals surface area contributed by atoms with E-state index in [9.17, 15) is 0 Å². The van der Waals surface area contributed by atoms with Gasteiger partial charge in [0.1, 0.15) is 18.2 Å². The molecule has 0 aliphatic carbocycles. The van der Waals surface area contributed by atoms with Crippen LogP contribution in [0.3, 0.4) is 0 Å². The Bertz CT molecular complexity index is 1220. The van der Waals surface area contributed by atoms with Gasteiger partial charge in [-0.2, -0.15) is 0 Å². The number of rotatable bonds is 8. The number of hydrogen-bond acceptors (Lipinski definition) is 6. The van der Waals surface area contributed by atoms with Gasteiger partial charge in [0.25, 0.3) is 0 Å². The Morgan fingerprint density at radius 3 is 2.44 bits per heavy atom. The highest BCUT2D eigenvalue weighted by Crippen LogP contribution is 2.22. The van der Waals surface area contributed by atoms with E-state index in [1.807, 2.05) is 30.3 Å². The van der Waals surface area contributed by atoms with E-state index < -0.39 is 0 Å². The van der Waals surface area contributed by atoms with Crippen molar-refractivity contribution in [1.29, 1.82) is 0 Å². The molecule has 1 saturated heterocycles. The summed E-state index contributed by atoms with van der Waals surface area (Å²) in [6.45, 7) is 8.44. The Labute approximate surface area is 205 Å². The highest BCUT2D eigenvalue weighted by atomic mass is 35.5. The van der Waals surface area contributed by atoms with Crippen LogP contribution in [0.4, 0.5) is 5.95 Å². The number of halogens is 1. The first-order chi connectivity index (χ1) is 16.7. The van der Waals surface area contributed by atoms with Gasteiger partial charge in [0, 0.05) is 50.1 Å². The van der Waals surface area contributed by atoms with Crippen molar-refractivity contribution < 1.29 is 4.74 Å². The van der Waals surface area contributed by atoms with Crippen LogP contribution < -0.4 is 9.64 Å². The van der Waals surface area contributed by atoms with Crippen molar-refractivity contribution in [3.8, 4) is 5.75 Å². The first-order valence-corrected chi connectivity index (χ1v) is 12.1. The molecule has 4 aromatic rings. The summed E-state index contributed by atoms with van der Waals surface area (Å²) < 4.78 is 8.35. The third kappa shape index (κ3) is 5.16. The summed E-state index contributed by atoms with van der Waals surface area (Å²) >= 11 is 6.00. The smallest absolute Gasteiger partial charge is 0.225 e. The molecule has 0 amide bonds. The zero-order valence-corrected chi connectivity index (χ0v) is 20.2. The van der Waals surface area contributed by atoms with Crippen molar-refractivity contribution in [3.05, 3.63) is 77.3 Å². The molecular weight excluding hydrogens is 448 g/mol. The number of para-hydroxylation sites is 1. The van der Waals surface area contributed by atoms with E-state index in [0.717, 1.165) is 68.7 Å². The average molecular weight is 477 g/mol. The standard InChI is InChI=1S/C26H29ClN6O/c1-20-5-2-6-23-25(20)30-24(19-34-22-9-7-21(27)8-10-22)33(23)14-4-13-31-15-17-32(18-16-31)26-28-11-3-12-29-26/h2-3,5-12H,4,13-19H2,1H3. The molecule has 176 valence electrons. The number of ether oxygens (including phenoxy) is 1. The van der Waals surface area contributed by atoms with Crippen LogP contribution in [0.15, 0.2) is 60.9 Å². The van der Waals surface area contributed by atoms with Gasteiger partial charge in [0.15, 0.2) is 0 Å². The van der Waals surface area contributed by atoms with Crippen molar-refractivity contribution in [2.75, 3.05) is 37.6 Å². The maximum Gasteiger partial charge on any atom is 0.225 e. The summed E-state index contributed by atoms with van der Waals surface area (Å²) in [6, 6.07) is 15.7. The second-order valence-corrected chi connectivity index (χ2v) is 9.03. The predicted octanol–water partition coefficient (Wildman–Crippen LogP) is 4.58. The molecule has 0 N–H and O–H groups in total. The van der Waals surface area contributed by atoms with Gasteiger partial charge in [0.05, 0.1) is 11.0 Å². The van der Waals surface area contributed by atoms with E-state index in [2.05, 4.69) is 49.5 Å². The van der Waals surface area contributed by atoms with E-state index in [4.69, 9.17) is 21.3 Å². The van der Waals surface area contributed by atoms with Crippen LogP contribution in [0, 0.1) is 6.92 Å². The molecule has 2 aromatic carbocycles. The molecule has 0 saturated carbocycles. The van der Waals surface area contributed by atoms with E-state index in [0.29, 0.717) is 11.6 Å². The van der Waals surface area contributed by atoms with Crippen LogP contribution in [0.5, 0.6) is 5.75 Å². The van der Waals surface area contributed by atoms with Crippen LogP contribution in [-0.4, -0.2) is 57.1 Å². The van der Waals surface area contributed by atoms with Gasteiger partial charge in [-0.3, -0.25) is 4.90 Å². The molecule has 3 heterocycles. The van der Waals surface area contributed by atoms with Crippen LogP contribution >= 0.6 is 11.6 Å². The molecular formula is C26H29ClN6O. The number of anilines is 1. The second-order valence-electron chi connectivity index (χ2n) is 8.60. The number of imidazole rings is 1. The maximum atomic E-state index is 6.04. The highest BCUT2D eigenvalue weighted by molar-refractivity contribution is 6.30. The van der Waals surface area contributed by atoms with E-state index in [1.54, 1.807) is 12.4 Å². The maximum absolute atomic E-state index is 6.04. The minimum absolute atomic E-state index is 0.422. The van der Waals surface area contributed by atoms with Gasteiger partial charge < -0.3 is 14.2 Å². The molecule has 0 atom stereocenters. The molecule has 2 aromatic heterocycles. The molecule has 34 heavy (non-hydrogen) atoms. The van der Waals surface area contributed by atoms with E-state index >= 15 is 0 Å². The largest absolute Gasteiger partial charge is 0.486 e. The SMILES string of the molecule is Cc1cccc2c1nc(COc1ccc(Cl)cc1)n2CCCN1CCN(c2ncccn2)CC1. The summed E-state index contributed by atoms with van der Waals surface area (Å²) in [7, 11) is 0. The first-order valence-electron chi connectivity index (χ1n) is 11.7. The van der Waals surface area contributed by atoms with Gasteiger partial charge in [0.2, 0.25) is 5.95 Å². The fourth-order valence-electron chi connectivity index (χ4n) is 4.45. The third-order valence-electron chi connectivity index (χ3n) is 6.30. The van der Waals surface area contributed by atoms with Crippen LogP contribution in [-0.2, 0) is 13.2 Å². The van der Waals surface area contributed by atoms with Gasteiger partial charge in [-0.15, -0.1) is 0 Å². The quantitative estimate of drug-likeness (QED) is 0.371. The highest BCUT2D eigenvalue weighted by Gasteiger charge is 2.19. The molecule has 5 rings (SSSR count). The number of aromatic nitrogens is 4. The van der Waals surface area contributed by atoms with Crippen LogP contribution in [0.25, 0.3) is 11.0 Å². The van der Waals surface area contributed by atoms with Gasteiger partial charge in [-0.05, 0) is 61.9 Å². The Morgan fingerprint density at radius 2 is 1.68 bits per heavy atom. The van der Waals surface area contributed by atoms with Crippen molar-refractivity contribution in [3.63, 3.8) is 0 Å². The Kier molecular flexibility index (Phi) is 6.92. The second kappa shape index (κ2) is 10.4. The fraction of sp³-hybridized carbons (Fsp3) is 0.346.